The first kappa shape index (κ1) is 32.5. The summed E-state index contributed by atoms with van der Waals surface area (Å²) in [6, 6.07) is 21.8. The highest BCUT2D eigenvalue weighted by Gasteiger charge is 2.33. The van der Waals surface area contributed by atoms with Gasteiger partial charge < -0.3 is 34.6 Å². The third-order valence-corrected chi connectivity index (χ3v) is 8.04. The first-order chi connectivity index (χ1) is 22.1. The summed E-state index contributed by atoms with van der Waals surface area (Å²) in [5.41, 5.74) is 2.89. The molecule has 1 aliphatic rings. The summed E-state index contributed by atoms with van der Waals surface area (Å²) < 4.78 is 17.6. The second-order valence-corrected chi connectivity index (χ2v) is 11.9. The van der Waals surface area contributed by atoms with Crippen LogP contribution in [0.2, 0.25) is 0 Å². The maximum absolute atomic E-state index is 13.8. The van der Waals surface area contributed by atoms with Crippen molar-refractivity contribution in [2.75, 3.05) is 37.4 Å². The molecule has 46 heavy (non-hydrogen) atoms. The molecule has 3 N–H and O–H groups in total. The van der Waals surface area contributed by atoms with E-state index in [1.807, 2.05) is 68.6 Å². The zero-order valence-corrected chi connectivity index (χ0v) is 26.8. The molecule has 0 unspecified atom stereocenters. The number of fused-ring (bicyclic) bond motifs is 1. The summed E-state index contributed by atoms with van der Waals surface area (Å²) in [6.07, 6.45) is -0.257. The fourth-order valence-electron chi connectivity index (χ4n) is 5.43. The van der Waals surface area contributed by atoms with Crippen molar-refractivity contribution in [2.45, 2.75) is 46.4 Å². The van der Waals surface area contributed by atoms with E-state index >= 15 is 0 Å². The number of likely N-dealkylation sites (N-methyl/N-ethyl adjacent to an activating group) is 1. The van der Waals surface area contributed by atoms with Crippen LogP contribution in [0.15, 0.2) is 77.3 Å². The number of nitrogens with zero attached hydrogens (tertiary/aromatic N) is 3. The molecule has 0 fully saturated rings. The highest BCUT2D eigenvalue weighted by molar-refractivity contribution is 6.03. The number of para-hydroxylation sites is 1. The molecule has 0 radical (unpaired) electrons. The van der Waals surface area contributed by atoms with Crippen LogP contribution in [-0.4, -0.2) is 70.9 Å². The van der Waals surface area contributed by atoms with Crippen molar-refractivity contribution < 1.29 is 28.7 Å². The molecule has 0 saturated heterocycles. The Kier molecular flexibility index (Phi) is 10.2. The Morgan fingerprint density at radius 2 is 1.80 bits per heavy atom. The number of rotatable bonds is 10. The number of nitrogens with one attached hydrogen (secondary N) is 2. The Morgan fingerprint density at radius 3 is 2.48 bits per heavy atom. The molecular weight excluding hydrogens is 586 g/mol. The number of aliphatic hydroxyl groups is 1. The number of aromatic nitrogens is 1. The number of urea groups is 1. The van der Waals surface area contributed by atoms with Crippen molar-refractivity contribution in [3.05, 3.63) is 95.4 Å². The zero-order chi connectivity index (χ0) is 32.8. The Balaban J connectivity index is 1.30. The predicted octanol–water partition coefficient (Wildman–Crippen LogP) is 6.08. The van der Waals surface area contributed by atoms with Crippen LogP contribution >= 0.6 is 0 Å². The van der Waals surface area contributed by atoms with E-state index in [-0.39, 0.29) is 24.5 Å². The quantitative estimate of drug-likeness (QED) is 0.193. The molecule has 1 aromatic heterocycles. The van der Waals surface area contributed by atoms with E-state index in [4.69, 9.17) is 14.0 Å². The molecule has 0 saturated carbocycles. The summed E-state index contributed by atoms with van der Waals surface area (Å²) in [5.74, 6) is 2.15. The lowest BCUT2D eigenvalue weighted by Gasteiger charge is -2.38. The smallest absolute Gasteiger partial charge is 0.323 e. The number of carbonyl (C=O) groups is 2. The molecule has 242 valence electrons. The van der Waals surface area contributed by atoms with Gasteiger partial charge in [0.25, 0.3) is 5.91 Å². The number of benzene rings is 3. The molecule has 3 atom stereocenters. The zero-order valence-electron chi connectivity index (χ0n) is 26.8. The van der Waals surface area contributed by atoms with Gasteiger partial charge in [0.15, 0.2) is 5.76 Å². The van der Waals surface area contributed by atoms with Crippen LogP contribution in [0.5, 0.6) is 17.2 Å². The van der Waals surface area contributed by atoms with Crippen molar-refractivity contribution >= 4 is 23.3 Å². The van der Waals surface area contributed by atoms with E-state index in [1.54, 1.807) is 36.9 Å². The Labute approximate surface area is 269 Å². The third kappa shape index (κ3) is 7.85. The summed E-state index contributed by atoms with van der Waals surface area (Å²) >= 11 is 0. The third-order valence-electron chi connectivity index (χ3n) is 8.04. The van der Waals surface area contributed by atoms with Crippen molar-refractivity contribution in [1.82, 2.24) is 15.0 Å². The average Bonchev–Trinajstić information content (AvgIpc) is 3.36. The highest BCUT2D eigenvalue weighted by Crippen LogP contribution is 2.31. The number of carbonyl (C=O) groups excluding carboxylic acids is 2. The number of aliphatic hydroxyl groups excluding tert-OH is 1. The van der Waals surface area contributed by atoms with Crippen LogP contribution in [0.4, 0.5) is 16.2 Å². The van der Waals surface area contributed by atoms with E-state index in [0.29, 0.717) is 53.8 Å². The van der Waals surface area contributed by atoms with Gasteiger partial charge in [-0.1, -0.05) is 42.4 Å². The van der Waals surface area contributed by atoms with Gasteiger partial charge in [-0.3, -0.25) is 9.69 Å². The predicted molar refractivity (Wildman–Crippen MR) is 176 cm³/mol. The summed E-state index contributed by atoms with van der Waals surface area (Å²) in [7, 11) is 2.04. The van der Waals surface area contributed by atoms with Crippen LogP contribution in [0.25, 0.3) is 0 Å². The van der Waals surface area contributed by atoms with Gasteiger partial charge >= 0.3 is 6.03 Å². The highest BCUT2D eigenvalue weighted by atomic mass is 16.5. The summed E-state index contributed by atoms with van der Waals surface area (Å²) in [5, 5.41) is 19.4. The molecule has 4 aromatic rings. The SMILES string of the molecule is Cc1noc(C)c1NC(=O)Nc1ccc2c(c1)C(=O)N([C@@H](C)CO)C[C@H](C)[C@H](CN(C)Cc1ccc(Oc3ccccc3)cc1)O2. The Bertz CT molecular complexity index is 1620. The number of ether oxygens (including phenoxy) is 2. The van der Waals surface area contributed by atoms with E-state index in [9.17, 15) is 14.7 Å². The monoisotopic (exact) mass is 627 g/mol. The lowest BCUT2D eigenvalue weighted by molar-refractivity contribution is 0.0341. The minimum atomic E-state index is -0.498. The van der Waals surface area contributed by atoms with Gasteiger partial charge in [-0.25, -0.2) is 4.79 Å². The van der Waals surface area contributed by atoms with Gasteiger partial charge in [0.05, 0.1) is 18.2 Å². The number of hydrogen-bond donors (Lipinski definition) is 3. The first-order valence-corrected chi connectivity index (χ1v) is 15.3. The molecular formula is C35H41N5O6. The fraction of sp³-hybridized carbons (Fsp3) is 0.343. The Morgan fingerprint density at radius 1 is 1.09 bits per heavy atom. The standard InChI is InChI=1S/C35H41N5O6/c1-22-18-40(23(2)21-41)34(42)30-17-27(36-35(43)37-33-24(3)38-46-25(33)4)13-16-31(30)45-32(22)20-39(5)19-26-11-14-29(15-12-26)44-28-9-7-6-8-10-28/h6-17,22-23,32,41H,18-21H2,1-5H3,(H2,36,37,43)/t22-,23-,32-/m0/s1. The number of hydrogen-bond acceptors (Lipinski definition) is 8. The van der Waals surface area contributed by atoms with Gasteiger partial charge in [0, 0.05) is 31.2 Å². The van der Waals surface area contributed by atoms with Crippen LogP contribution in [0, 0.1) is 19.8 Å². The molecule has 2 heterocycles. The lowest BCUT2D eigenvalue weighted by atomic mass is 9.99. The van der Waals surface area contributed by atoms with Gasteiger partial charge in [-0.2, -0.15) is 0 Å². The summed E-state index contributed by atoms with van der Waals surface area (Å²) in [6.45, 7) is 8.81. The average molecular weight is 628 g/mol. The first-order valence-electron chi connectivity index (χ1n) is 15.3. The minimum Gasteiger partial charge on any atom is -0.488 e. The largest absolute Gasteiger partial charge is 0.488 e. The van der Waals surface area contributed by atoms with E-state index in [1.165, 1.54) is 0 Å². The van der Waals surface area contributed by atoms with Crippen molar-refractivity contribution in [3.8, 4) is 17.2 Å². The van der Waals surface area contributed by atoms with Crippen LogP contribution in [0.1, 0.15) is 41.2 Å². The van der Waals surface area contributed by atoms with Gasteiger partial charge in [-0.15, -0.1) is 0 Å². The molecule has 11 heteroatoms. The summed E-state index contributed by atoms with van der Waals surface area (Å²) in [4.78, 5) is 30.4. The molecule has 11 nitrogen and oxygen atoms in total. The molecule has 0 spiro atoms. The fourth-order valence-corrected chi connectivity index (χ4v) is 5.43. The molecule has 3 aromatic carbocycles. The van der Waals surface area contributed by atoms with E-state index in [0.717, 1.165) is 17.1 Å². The molecule has 5 rings (SSSR count). The van der Waals surface area contributed by atoms with E-state index < -0.39 is 12.1 Å². The maximum atomic E-state index is 13.8. The lowest BCUT2D eigenvalue weighted by Crippen LogP contribution is -2.49. The van der Waals surface area contributed by atoms with Crippen molar-refractivity contribution in [3.63, 3.8) is 0 Å². The van der Waals surface area contributed by atoms with Gasteiger partial charge in [0.2, 0.25) is 0 Å². The maximum Gasteiger partial charge on any atom is 0.323 e. The number of amides is 3. The Hall–Kier alpha value is -4.87. The topological polar surface area (TPSA) is 129 Å². The van der Waals surface area contributed by atoms with Crippen LogP contribution in [-0.2, 0) is 6.54 Å². The second-order valence-electron chi connectivity index (χ2n) is 11.9. The van der Waals surface area contributed by atoms with E-state index in [2.05, 4.69) is 27.6 Å². The number of anilines is 2. The van der Waals surface area contributed by atoms with Crippen LogP contribution in [0.3, 0.4) is 0 Å². The van der Waals surface area contributed by atoms with Gasteiger partial charge in [-0.05, 0) is 75.8 Å². The van der Waals surface area contributed by atoms with Crippen LogP contribution < -0.4 is 20.1 Å². The van der Waals surface area contributed by atoms with Gasteiger partial charge in [0.1, 0.15) is 34.7 Å². The number of aryl methyl sites for hydroxylation is 2. The van der Waals surface area contributed by atoms with Crippen molar-refractivity contribution in [2.24, 2.45) is 5.92 Å². The minimum absolute atomic E-state index is 0.0335. The normalized spacial score (nSPS) is 17.0. The molecule has 0 aliphatic carbocycles. The molecule has 0 bridgehead atoms. The second kappa shape index (κ2) is 14.5. The molecule has 1 aliphatic heterocycles. The van der Waals surface area contributed by atoms with Crippen molar-refractivity contribution in [1.29, 1.82) is 0 Å². The molecule has 3 amide bonds.